The molecule has 0 saturated heterocycles. The van der Waals surface area contributed by atoms with Gasteiger partial charge in [0.15, 0.2) is 0 Å². The highest BCUT2D eigenvalue weighted by atomic mass is 32.2. The van der Waals surface area contributed by atoms with Gasteiger partial charge in [-0.25, -0.2) is 0 Å². The lowest BCUT2D eigenvalue weighted by atomic mass is 10.3. The number of unbranched alkanes of at least 4 members (excludes halogenated alkanes) is 1. The molecule has 0 aliphatic rings. The third kappa shape index (κ3) is 4.04. The van der Waals surface area contributed by atoms with Gasteiger partial charge in [0.1, 0.15) is 5.75 Å². The molecular weight excluding hydrogens is 206 g/mol. The topological polar surface area (TPSA) is 35.2 Å². The highest BCUT2D eigenvalue weighted by Gasteiger charge is 2.01. The third-order valence-corrected chi connectivity index (χ3v) is 3.13. The largest absolute Gasteiger partial charge is 0.492 e. The summed E-state index contributed by atoms with van der Waals surface area (Å²) in [5.74, 6) is 1.96. The Morgan fingerprint density at radius 1 is 1.33 bits per heavy atom. The molecule has 1 aromatic carbocycles. The maximum atomic E-state index is 5.80. The first kappa shape index (κ1) is 12.2. The van der Waals surface area contributed by atoms with Gasteiger partial charge in [-0.2, -0.15) is 0 Å². The van der Waals surface area contributed by atoms with Crippen molar-refractivity contribution in [1.82, 2.24) is 0 Å². The zero-order valence-electron chi connectivity index (χ0n) is 9.45. The fraction of sp³-hybridized carbons (Fsp3) is 0.500. The summed E-state index contributed by atoms with van der Waals surface area (Å²) in [5, 5.41) is 0. The van der Waals surface area contributed by atoms with Gasteiger partial charge >= 0.3 is 0 Å². The van der Waals surface area contributed by atoms with Crippen LogP contribution in [0.1, 0.15) is 26.7 Å². The second-order valence-electron chi connectivity index (χ2n) is 3.33. The lowest BCUT2D eigenvalue weighted by molar-refractivity contribution is 0.341. The Balaban J connectivity index is 2.61. The van der Waals surface area contributed by atoms with E-state index in [2.05, 4.69) is 13.0 Å². The van der Waals surface area contributed by atoms with Crippen molar-refractivity contribution in [2.75, 3.05) is 18.1 Å². The Bertz CT molecular complexity index is 302. The summed E-state index contributed by atoms with van der Waals surface area (Å²) in [5.41, 5.74) is 6.52. The van der Waals surface area contributed by atoms with Crippen LogP contribution in [0, 0.1) is 0 Å². The van der Waals surface area contributed by atoms with Crippen molar-refractivity contribution >= 4 is 17.4 Å². The Kier molecular flexibility index (Phi) is 5.40. The molecule has 0 heterocycles. The molecule has 0 aliphatic carbocycles. The van der Waals surface area contributed by atoms with Crippen LogP contribution in [-0.2, 0) is 0 Å². The summed E-state index contributed by atoms with van der Waals surface area (Å²) >= 11 is 1.86. The van der Waals surface area contributed by atoms with Crippen molar-refractivity contribution in [3.8, 4) is 5.75 Å². The van der Waals surface area contributed by atoms with E-state index in [9.17, 15) is 0 Å². The van der Waals surface area contributed by atoms with E-state index in [-0.39, 0.29) is 0 Å². The maximum absolute atomic E-state index is 5.80. The van der Waals surface area contributed by atoms with Gasteiger partial charge in [-0.1, -0.05) is 13.3 Å². The summed E-state index contributed by atoms with van der Waals surface area (Å²) in [6.45, 7) is 4.83. The second-order valence-corrected chi connectivity index (χ2v) is 4.50. The summed E-state index contributed by atoms with van der Waals surface area (Å²) in [7, 11) is 0. The van der Waals surface area contributed by atoms with Crippen molar-refractivity contribution in [2.45, 2.75) is 31.6 Å². The molecule has 0 unspecified atom stereocenters. The van der Waals surface area contributed by atoms with Gasteiger partial charge in [-0.15, -0.1) is 11.8 Å². The molecule has 0 amide bonds. The first-order chi connectivity index (χ1) is 7.27. The van der Waals surface area contributed by atoms with Crippen LogP contribution in [0.3, 0.4) is 0 Å². The number of nitrogens with two attached hydrogens (primary N) is 1. The predicted octanol–water partition coefficient (Wildman–Crippen LogP) is 3.56. The number of hydrogen-bond donors (Lipinski definition) is 1. The SMILES string of the molecule is CCCCSc1ccc(N)c(OCC)c1. The number of thioether (sulfide) groups is 1. The molecule has 0 saturated carbocycles. The van der Waals surface area contributed by atoms with E-state index in [0.717, 1.165) is 17.2 Å². The van der Waals surface area contributed by atoms with Gasteiger partial charge in [0.2, 0.25) is 0 Å². The van der Waals surface area contributed by atoms with Crippen molar-refractivity contribution in [3.05, 3.63) is 18.2 Å². The van der Waals surface area contributed by atoms with Crippen LogP contribution in [0.15, 0.2) is 23.1 Å². The van der Waals surface area contributed by atoms with Crippen LogP contribution in [0.4, 0.5) is 5.69 Å². The number of ether oxygens (including phenoxy) is 1. The summed E-state index contributed by atoms with van der Waals surface area (Å²) in [6.07, 6.45) is 2.49. The Hall–Kier alpha value is -0.830. The monoisotopic (exact) mass is 225 g/mol. The minimum atomic E-state index is 0.660. The van der Waals surface area contributed by atoms with Gasteiger partial charge in [0.05, 0.1) is 12.3 Å². The van der Waals surface area contributed by atoms with Gasteiger partial charge in [0, 0.05) is 4.90 Å². The lowest BCUT2D eigenvalue weighted by Crippen LogP contribution is -1.96. The standard InChI is InChI=1S/C12H19NOS/c1-3-5-8-15-10-6-7-11(13)12(9-10)14-4-2/h6-7,9H,3-5,8,13H2,1-2H3. The minimum Gasteiger partial charge on any atom is -0.492 e. The number of rotatable bonds is 6. The van der Waals surface area contributed by atoms with E-state index >= 15 is 0 Å². The molecule has 2 N–H and O–H groups in total. The number of anilines is 1. The van der Waals surface area contributed by atoms with Gasteiger partial charge in [-0.05, 0) is 37.3 Å². The van der Waals surface area contributed by atoms with Gasteiger partial charge in [-0.3, -0.25) is 0 Å². The zero-order valence-corrected chi connectivity index (χ0v) is 10.3. The van der Waals surface area contributed by atoms with Crippen LogP contribution >= 0.6 is 11.8 Å². The minimum absolute atomic E-state index is 0.660. The highest BCUT2D eigenvalue weighted by Crippen LogP contribution is 2.28. The third-order valence-electron chi connectivity index (χ3n) is 2.05. The average molecular weight is 225 g/mol. The predicted molar refractivity (Wildman–Crippen MR) is 67.7 cm³/mol. The van der Waals surface area contributed by atoms with E-state index in [1.54, 1.807) is 0 Å². The molecule has 1 rings (SSSR count). The summed E-state index contributed by atoms with van der Waals surface area (Å²) in [6, 6.07) is 6.00. The van der Waals surface area contributed by atoms with Crippen LogP contribution in [-0.4, -0.2) is 12.4 Å². The Morgan fingerprint density at radius 3 is 2.80 bits per heavy atom. The molecule has 0 bridgehead atoms. The summed E-state index contributed by atoms with van der Waals surface area (Å²) in [4.78, 5) is 1.24. The van der Waals surface area contributed by atoms with Gasteiger partial charge in [0.25, 0.3) is 0 Å². The van der Waals surface area contributed by atoms with Crippen LogP contribution < -0.4 is 10.5 Å². The number of nitrogen functional groups attached to an aromatic ring is 1. The Labute approximate surface area is 96.2 Å². The molecule has 2 nitrogen and oxygen atoms in total. The van der Waals surface area contributed by atoms with E-state index in [1.165, 1.54) is 17.7 Å². The molecule has 0 aliphatic heterocycles. The van der Waals surface area contributed by atoms with Crippen LogP contribution in [0.2, 0.25) is 0 Å². The van der Waals surface area contributed by atoms with Crippen molar-refractivity contribution in [1.29, 1.82) is 0 Å². The fourth-order valence-corrected chi connectivity index (χ4v) is 2.24. The number of benzene rings is 1. The molecule has 0 spiro atoms. The lowest BCUT2D eigenvalue weighted by Gasteiger charge is -2.08. The van der Waals surface area contributed by atoms with Crippen LogP contribution in [0.5, 0.6) is 5.75 Å². The molecule has 0 fully saturated rings. The van der Waals surface area contributed by atoms with E-state index in [4.69, 9.17) is 10.5 Å². The molecular formula is C12H19NOS. The molecule has 84 valence electrons. The van der Waals surface area contributed by atoms with E-state index in [1.807, 2.05) is 30.8 Å². The quantitative estimate of drug-likeness (QED) is 0.457. The normalized spacial score (nSPS) is 10.3. The smallest absolute Gasteiger partial charge is 0.143 e. The first-order valence-electron chi connectivity index (χ1n) is 5.43. The molecule has 15 heavy (non-hydrogen) atoms. The molecule has 0 aromatic heterocycles. The average Bonchev–Trinajstić information content (AvgIpc) is 2.23. The molecule has 3 heteroatoms. The van der Waals surface area contributed by atoms with Crippen molar-refractivity contribution < 1.29 is 4.74 Å². The maximum Gasteiger partial charge on any atom is 0.143 e. The van der Waals surface area contributed by atoms with Crippen LogP contribution in [0.25, 0.3) is 0 Å². The van der Waals surface area contributed by atoms with Gasteiger partial charge < -0.3 is 10.5 Å². The second kappa shape index (κ2) is 6.62. The summed E-state index contributed by atoms with van der Waals surface area (Å²) < 4.78 is 5.45. The van der Waals surface area contributed by atoms with E-state index < -0.39 is 0 Å². The van der Waals surface area contributed by atoms with Crippen molar-refractivity contribution in [3.63, 3.8) is 0 Å². The molecule has 0 atom stereocenters. The van der Waals surface area contributed by atoms with E-state index in [0.29, 0.717) is 6.61 Å². The molecule has 1 aromatic rings. The molecule has 0 radical (unpaired) electrons. The highest BCUT2D eigenvalue weighted by molar-refractivity contribution is 7.99. The first-order valence-corrected chi connectivity index (χ1v) is 6.41. The number of hydrogen-bond acceptors (Lipinski definition) is 3. The van der Waals surface area contributed by atoms with Crippen molar-refractivity contribution in [2.24, 2.45) is 0 Å². The Morgan fingerprint density at radius 2 is 2.13 bits per heavy atom. The zero-order chi connectivity index (χ0) is 11.1. The fourth-order valence-electron chi connectivity index (χ4n) is 1.22.